The molecule has 0 saturated heterocycles. The van der Waals surface area contributed by atoms with Crippen LogP contribution >= 0.6 is 11.8 Å². The predicted octanol–water partition coefficient (Wildman–Crippen LogP) is 0.983. The molecule has 0 bridgehead atoms. The second-order valence-electron chi connectivity index (χ2n) is 3.26. The first-order valence-corrected chi connectivity index (χ1v) is 5.85. The molecule has 1 unspecified atom stereocenters. The first-order chi connectivity index (χ1) is 6.06. The van der Waals surface area contributed by atoms with Crippen LogP contribution in [0.2, 0.25) is 0 Å². The molecule has 1 atom stereocenters. The Kier molecular flexibility index (Phi) is 6.16. The zero-order chi connectivity index (χ0) is 10.3. The number of amides is 1. The zero-order valence-corrected chi connectivity index (χ0v) is 9.54. The van der Waals surface area contributed by atoms with Gasteiger partial charge in [0.15, 0.2) is 0 Å². The molecular weight excluding hydrogens is 184 g/mol. The van der Waals surface area contributed by atoms with Crippen LogP contribution in [-0.2, 0) is 4.79 Å². The summed E-state index contributed by atoms with van der Waals surface area (Å²) in [7, 11) is 0. The van der Waals surface area contributed by atoms with Gasteiger partial charge in [0.25, 0.3) is 0 Å². The molecule has 1 amide bonds. The maximum absolute atomic E-state index is 11.2. The lowest BCUT2D eigenvalue weighted by atomic mass is 10.1. The summed E-state index contributed by atoms with van der Waals surface area (Å²) in [5.41, 5.74) is 4.79. The molecule has 3 nitrogen and oxygen atoms in total. The molecule has 0 aliphatic heterocycles. The van der Waals surface area contributed by atoms with Crippen molar-refractivity contribution < 1.29 is 4.79 Å². The number of hydrogen-bond donors (Lipinski definition) is 2. The minimum atomic E-state index is -0.545. The van der Waals surface area contributed by atoms with E-state index in [1.165, 1.54) is 0 Å². The van der Waals surface area contributed by atoms with E-state index in [1.807, 2.05) is 6.92 Å². The highest BCUT2D eigenvalue weighted by molar-refractivity contribution is 7.99. The van der Waals surface area contributed by atoms with Crippen LogP contribution in [0.1, 0.15) is 27.2 Å². The monoisotopic (exact) mass is 204 g/mol. The molecule has 4 heteroatoms. The van der Waals surface area contributed by atoms with E-state index in [9.17, 15) is 4.79 Å². The number of primary amides is 1. The maximum Gasteiger partial charge on any atom is 0.238 e. The number of nitrogens with two attached hydrogens (primary N) is 1. The van der Waals surface area contributed by atoms with Gasteiger partial charge in [-0.25, -0.2) is 0 Å². The second-order valence-corrected chi connectivity index (χ2v) is 4.53. The topological polar surface area (TPSA) is 55.1 Å². The fraction of sp³-hybridized carbons (Fsp3) is 0.889. The van der Waals surface area contributed by atoms with Crippen LogP contribution < -0.4 is 11.1 Å². The summed E-state index contributed by atoms with van der Waals surface area (Å²) in [6.45, 7) is 6.85. The van der Waals surface area contributed by atoms with Gasteiger partial charge in [0, 0.05) is 5.75 Å². The number of thioether (sulfide) groups is 1. The Labute approximate surface area is 84.8 Å². The number of carbonyl (C=O) groups is 1. The Morgan fingerprint density at radius 3 is 2.54 bits per heavy atom. The van der Waals surface area contributed by atoms with Crippen LogP contribution in [0, 0.1) is 0 Å². The number of hydrogen-bond acceptors (Lipinski definition) is 3. The van der Waals surface area contributed by atoms with Crippen molar-refractivity contribution in [3.05, 3.63) is 0 Å². The van der Waals surface area contributed by atoms with Crippen LogP contribution in [0.3, 0.4) is 0 Å². The van der Waals surface area contributed by atoms with E-state index in [0.717, 1.165) is 24.5 Å². The van der Waals surface area contributed by atoms with Crippen molar-refractivity contribution in [2.75, 3.05) is 18.1 Å². The molecule has 0 aromatic rings. The number of nitrogens with one attached hydrogen (secondary N) is 1. The lowest BCUT2D eigenvalue weighted by Gasteiger charge is -2.26. The Bertz CT molecular complexity index is 154. The Morgan fingerprint density at radius 2 is 2.15 bits per heavy atom. The van der Waals surface area contributed by atoms with Gasteiger partial charge in [0.1, 0.15) is 5.54 Å². The Morgan fingerprint density at radius 1 is 1.54 bits per heavy atom. The first-order valence-electron chi connectivity index (χ1n) is 4.69. The minimum Gasteiger partial charge on any atom is -0.368 e. The van der Waals surface area contributed by atoms with Crippen molar-refractivity contribution in [2.45, 2.75) is 32.7 Å². The van der Waals surface area contributed by atoms with E-state index < -0.39 is 5.54 Å². The lowest BCUT2D eigenvalue weighted by Crippen LogP contribution is -2.55. The van der Waals surface area contributed by atoms with E-state index in [4.69, 9.17) is 5.73 Å². The average molecular weight is 204 g/mol. The fourth-order valence-electron chi connectivity index (χ4n) is 0.916. The van der Waals surface area contributed by atoms with Gasteiger partial charge >= 0.3 is 0 Å². The maximum atomic E-state index is 11.2. The van der Waals surface area contributed by atoms with Crippen molar-refractivity contribution >= 4 is 17.7 Å². The summed E-state index contributed by atoms with van der Waals surface area (Å²) >= 11 is 1.73. The van der Waals surface area contributed by atoms with Gasteiger partial charge in [-0.15, -0.1) is 0 Å². The lowest BCUT2D eigenvalue weighted by molar-refractivity contribution is -0.122. The summed E-state index contributed by atoms with van der Waals surface area (Å²) < 4.78 is 0. The van der Waals surface area contributed by atoms with E-state index >= 15 is 0 Å². The van der Waals surface area contributed by atoms with Crippen molar-refractivity contribution in [3.63, 3.8) is 0 Å². The molecule has 0 rings (SSSR count). The van der Waals surface area contributed by atoms with Gasteiger partial charge in [0.05, 0.1) is 0 Å². The molecular formula is C9H20N2OS. The standard InChI is InChI=1S/C9H20N2OS/c1-4-6-11-9(3,8(10)12)7-13-5-2/h11H,4-7H2,1-3H3,(H2,10,12). The molecule has 0 radical (unpaired) electrons. The van der Waals surface area contributed by atoms with Gasteiger partial charge in [-0.2, -0.15) is 11.8 Å². The van der Waals surface area contributed by atoms with Crippen molar-refractivity contribution in [2.24, 2.45) is 5.73 Å². The normalized spacial score (nSPS) is 15.3. The summed E-state index contributed by atoms with van der Waals surface area (Å²) in [6, 6.07) is 0. The van der Waals surface area contributed by atoms with E-state index in [2.05, 4.69) is 19.2 Å². The summed E-state index contributed by atoms with van der Waals surface area (Å²) in [5, 5.41) is 3.18. The van der Waals surface area contributed by atoms with Gasteiger partial charge in [-0.05, 0) is 25.6 Å². The number of rotatable bonds is 7. The van der Waals surface area contributed by atoms with Crippen molar-refractivity contribution in [3.8, 4) is 0 Å². The highest BCUT2D eigenvalue weighted by Gasteiger charge is 2.29. The molecule has 78 valence electrons. The molecule has 0 aromatic heterocycles. The third-order valence-corrected chi connectivity index (χ3v) is 3.09. The number of carbonyl (C=O) groups excluding carboxylic acids is 1. The Balaban J connectivity index is 4.08. The summed E-state index contributed by atoms with van der Waals surface area (Å²) in [5.74, 6) is 1.50. The minimum absolute atomic E-state index is 0.262. The molecule has 0 fully saturated rings. The van der Waals surface area contributed by atoms with Crippen LogP contribution in [0.4, 0.5) is 0 Å². The van der Waals surface area contributed by atoms with Gasteiger partial charge in [0.2, 0.25) is 5.91 Å². The molecule has 13 heavy (non-hydrogen) atoms. The SMILES string of the molecule is CCCNC(C)(CSCC)C(N)=O. The van der Waals surface area contributed by atoms with Gasteiger partial charge in [-0.3, -0.25) is 4.79 Å². The average Bonchev–Trinajstić information content (AvgIpc) is 2.11. The molecule has 0 aromatic carbocycles. The van der Waals surface area contributed by atoms with Crippen LogP contribution in [-0.4, -0.2) is 29.5 Å². The third-order valence-electron chi connectivity index (χ3n) is 1.90. The summed E-state index contributed by atoms with van der Waals surface area (Å²) in [6.07, 6.45) is 1.01. The predicted molar refractivity (Wildman–Crippen MR) is 58.9 cm³/mol. The zero-order valence-electron chi connectivity index (χ0n) is 8.72. The molecule has 0 aliphatic carbocycles. The van der Waals surface area contributed by atoms with Gasteiger partial charge < -0.3 is 11.1 Å². The smallest absolute Gasteiger partial charge is 0.238 e. The second kappa shape index (κ2) is 6.27. The van der Waals surface area contributed by atoms with Crippen LogP contribution in [0.5, 0.6) is 0 Å². The first kappa shape index (κ1) is 12.8. The Hall–Kier alpha value is -0.220. The highest BCUT2D eigenvalue weighted by atomic mass is 32.2. The molecule has 0 spiro atoms. The third kappa shape index (κ3) is 4.52. The van der Waals surface area contributed by atoms with E-state index in [1.54, 1.807) is 11.8 Å². The van der Waals surface area contributed by atoms with Crippen molar-refractivity contribution in [1.82, 2.24) is 5.32 Å². The quantitative estimate of drug-likeness (QED) is 0.650. The van der Waals surface area contributed by atoms with Gasteiger partial charge in [-0.1, -0.05) is 13.8 Å². The largest absolute Gasteiger partial charge is 0.368 e. The molecule has 3 N–H and O–H groups in total. The fourth-order valence-corrected chi connectivity index (χ4v) is 1.77. The molecule has 0 saturated carbocycles. The summed E-state index contributed by atoms with van der Waals surface area (Å²) in [4.78, 5) is 11.2. The highest BCUT2D eigenvalue weighted by Crippen LogP contribution is 2.12. The van der Waals surface area contributed by atoms with Crippen LogP contribution in [0.25, 0.3) is 0 Å². The van der Waals surface area contributed by atoms with E-state index in [-0.39, 0.29) is 5.91 Å². The van der Waals surface area contributed by atoms with E-state index in [0.29, 0.717) is 0 Å². The van der Waals surface area contributed by atoms with Crippen molar-refractivity contribution in [1.29, 1.82) is 0 Å². The molecule has 0 heterocycles. The molecule has 0 aliphatic rings. The van der Waals surface area contributed by atoms with Crippen LogP contribution in [0.15, 0.2) is 0 Å².